The van der Waals surface area contributed by atoms with Crippen LogP contribution in [0.4, 0.5) is 11.5 Å². The van der Waals surface area contributed by atoms with Gasteiger partial charge in [0.1, 0.15) is 12.0 Å². The Balaban J connectivity index is 1.77. The van der Waals surface area contributed by atoms with E-state index < -0.39 is 0 Å². The van der Waals surface area contributed by atoms with Gasteiger partial charge < -0.3 is 5.32 Å². The Kier molecular flexibility index (Phi) is 4.31. The molecule has 0 unspecified atom stereocenters. The maximum absolute atomic E-state index is 13.0. The third-order valence-electron chi connectivity index (χ3n) is 4.40. The average Bonchev–Trinajstić information content (AvgIpc) is 2.92. The van der Waals surface area contributed by atoms with Crippen molar-refractivity contribution in [2.24, 2.45) is 0 Å². The van der Waals surface area contributed by atoms with E-state index in [1.54, 1.807) is 17.0 Å². The first-order chi connectivity index (χ1) is 12.5. The number of benzene rings is 2. The maximum atomic E-state index is 13.0. The van der Waals surface area contributed by atoms with Crippen molar-refractivity contribution in [3.8, 4) is 0 Å². The Morgan fingerprint density at radius 3 is 2.62 bits per heavy atom. The van der Waals surface area contributed by atoms with Crippen LogP contribution in [0.1, 0.15) is 27.7 Å². The SMILES string of the molecule is Cc1ccc(N[C@H]2c3ccccc3C(=O)N2c2ccc(Cl)cn2)cc1Cl. The molecule has 4 rings (SSSR count). The molecule has 0 spiro atoms. The zero-order valence-electron chi connectivity index (χ0n) is 13.9. The Morgan fingerprint density at radius 2 is 1.88 bits per heavy atom. The molecule has 0 radical (unpaired) electrons. The molecule has 0 bridgehead atoms. The number of halogens is 2. The van der Waals surface area contributed by atoms with Gasteiger partial charge >= 0.3 is 0 Å². The number of hydrogen-bond acceptors (Lipinski definition) is 3. The second-order valence-electron chi connectivity index (χ2n) is 6.11. The minimum absolute atomic E-state index is 0.105. The molecule has 0 saturated heterocycles. The second-order valence-corrected chi connectivity index (χ2v) is 6.95. The minimum atomic E-state index is -0.383. The van der Waals surface area contributed by atoms with Crippen molar-refractivity contribution in [3.05, 3.63) is 87.5 Å². The molecule has 130 valence electrons. The number of aromatic nitrogens is 1. The first kappa shape index (κ1) is 16.9. The highest BCUT2D eigenvalue weighted by Crippen LogP contribution is 2.37. The molecular weight excluding hydrogens is 369 g/mol. The Hall–Kier alpha value is -2.56. The summed E-state index contributed by atoms with van der Waals surface area (Å²) in [5, 5.41) is 4.60. The van der Waals surface area contributed by atoms with Crippen LogP contribution in [0, 0.1) is 6.92 Å². The van der Waals surface area contributed by atoms with E-state index in [2.05, 4.69) is 10.3 Å². The van der Waals surface area contributed by atoms with Gasteiger partial charge in [0, 0.05) is 28.0 Å². The molecule has 3 aromatic rings. The highest BCUT2D eigenvalue weighted by atomic mass is 35.5. The summed E-state index contributed by atoms with van der Waals surface area (Å²) in [4.78, 5) is 18.9. The molecule has 4 nitrogen and oxygen atoms in total. The summed E-state index contributed by atoms with van der Waals surface area (Å²) in [6.45, 7) is 1.95. The zero-order chi connectivity index (χ0) is 18.3. The molecule has 2 aromatic carbocycles. The third kappa shape index (κ3) is 2.91. The van der Waals surface area contributed by atoms with Crippen LogP contribution >= 0.6 is 23.2 Å². The zero-order valence-corrected chi connectivity index (χ0v) is 15.4. The third-order valence-corrected chi connectivity index (χ3v) is 5.03. The number of nitrogens with one attached hydrogen (secondary N) is 1. The van der Waals surface area contributed by atoms with Crippen LogP contribution in [0.5, 0.6) is 0 Å². The normalized spacial score (nSPS) is 15.9. The van der Waals surface area contributed by atoms with Gasteiger partial charge in [-0.15, -0.1) is 0 Å². The second kappa shape index (κ2) is 6.63. The van der Waals surface area contributed by atoms with Crippen LogP contribution in [0.25, 0.3) is 0 Å². The van der Waals surface area contributed by atoms with Gasteiger partial charge in [-0.3, -0.25) is 9.69 Å². The first-order valence-corrected chi connectivity index (χ1v) is 8.87. The molecule has 1 atom stereocenters. The molecule has 1 amide bonds. The van der Waals surface area contributed by atoms with Crippen LogP contribution in [0.2, 0.25) is 10.0 Å². The summed E-state index contributed by atoms with van der Waals surface area (Å²) < 4.78 is 0. The van der Waals surface area contributed by atoms with Gasteiger partial charge in [0.15, 0.2) is 0 Å². The Morgan fingerprint density at radius 1 is 1.08 bits per heavy atom. The molecule has 26 heavy (non-hydrogen) atoms. The van der Waals surface area contributed by atoms with Crippen LogP contribution in [0.15, 0.2) is 60.8 Å². The number of anilines is 2. The molecular formula is C20H15Cl2N3O. The standard InChI is InChI=1S/C20H15Cl2N3O/c1-12-6-8-14(10-17(12)22)24-19-15-4-2-3-5-16(15)20(26)25(19)18-9-7-13(21)11-23-18/h2-11,19,24H,1H3/t19-/m1/s1. The highest BCUT2D eigenvalue weighted by Gasteiger charge is 2.38. The number of pyridine rings is 1. The van der Waals surface area contributed by atoms with Crippen molar-refractivity contribution >= 4 is 40.6 Å². The molecule has 1 N–H and O–H groups in total. The number of fused-ring (bicyclic) bond motifs is 1. The first-order valence-electron chi connectivity index (χ1n) is 8.11. The van der Waals surface area contributed by atoms with E-state index in [4.69, 9.17) is 23.2 Å². The largest absolute Gasteiger partial charge is 0.361 e. The summed E-state index contributed by atoms with van der Waals surface area (Å²) >= 11 is 12.2. The lowest BCUT2D eigenvalue weighted by Gasteiger charge is -2.26. The summed E-state index contributed by atoms with van der Waals surface area (Å²) in [5.74, 6) is 0.428. The van der Waals surface area contributed by atoms with Crippen LogP contribution < -0.4 is 10.2 Å². The Bertz CT molecular complexity index is 989. The van der Waals surface area contributed by atoms with Gasteiger partial charge in [0.25, 0.3) is 5.91 Å². The number of hydrogen-bond donors (Lipinski definition) is 1. The number of amides is 1. The number of nitrogens with zero attached hydrogens (tertiary/aromatic N) is 2. The molecule has 1 aromatic heterocycles. The van der Waals surface area contributed by atoms with Crippen molar-refractivity contribution in [2.45, 2.75) is 13.1 Å². The fraction of sp³-hybridized carbons (Fsp3) is 0.100. The maximum Gasteiger partial charge on any atom is 0.261 e. The van der Waals surface area contributed by atoms with Crippen LogP contribution in [-0.4, -0.2) is 10.9 Å². The fourth-order valence-corrected chi connectivity index (χ4v) is 3.34. The number of carbonyl (C=O) groups excluding carboxylic acids is 1. The summed E-state index contributed by atoms with van der Waals surface area (Å²) in [6.07, 6.45) is 1.15. The van der Waals surface area contributed by atoms with Gasteiger partial charge in [-0.2, -0.15) is 0 Å². The van der Waals surface area contributed by atoms with E-state index in [0.29, 0.717) is 21.4 Å². The lowest BCUT2D eigenvalue weighted by atomic mass is 10.1. The number of rotatable bonds is 3. The monoisotopic (exact) mass is 383 g/mol. The minimum Gasteiger partial charge on any atom is -0.361 e. The van der Waals surface area contributed by atoms with Crippen molar-refractivity contribution in [1.82, 2.24) is 4.98 Å². The van der Waals surface area contributed by atoms with Crippen molar-refractivity contribution in [1.29, 1.82) is 0 Å². The van der Waals surface area contributed by atoms with E-state index in [0.717, 1.165) is 16.8 Å². The summed E-state index contributed by atoms with van der Waals surface area (Å²) in [6, 6.07) is 16.7. The Labute approximate surface area is 161 Å². The lowest BCUT2D eigenvalue weighted by molar-refractivity contribution is 0.0992. The lowest BCUT2D eigenvalue weighted by Crippen LogP contribution is -2.32. The van der Waals surface area contributed by atoms with E-state index in [-0.39, 0.29) is 12.1 Å². The number of aryl methyl sites for hydroxylation is 1. The van der Waals surface area contributed by atoms with Crippen molar-refractivity contribution < 1.29 is 4.79 Å². The summed E-state index contributed by atoms with van der Waals surface area (Å²) in [5.41, 5.74) is 3.37. The van der Waals surface area contributed by atoms with Crippen molar-refractivity contribution in [2.75, 3.05) is 10.2 Å². The molecule has 0 fully saturated rings. The van der Waals surface area contributed by atoms with Crippen LogP contribution in [-0.2, 0) is 0 Å². The molecule has 0 aliphatic carbocycles. The predicted molar refractivity (Wildman–Crippen MR) is 105 cm³/mol. The van der Waals surface area contributed by atoms with E-state index >= 15 is 0 Å². The smallest absolute Gasteiger partial charge is 0.261 e. The predicted octanol–water partition coefficient (Wildman–Crippen LogP) is 5.47. The van der Waals surface area contributed by atoms with Gasteiger partial charge in [-0.1, -0.05) is 47.5 Å². The molecule has 1 aliphatic rings. The van der Waals surface area contributed by atoms with Gasteiger partial charge in [0.05, 0.1) is 5.02 Å². The molecule has 2 heterocycles. The fourth-order valence-electron chi connectivity index (χ4n) is 3.05. The van der Waals surface area contributed by atoms with E-state index in [1.807, 2.05) is 49.4 Å². The van der Waals surface area contributed by atoms with E-state index in [1.165, 1.54) is 6.20 Å². The van der Waals surface area contributed by atoms with Crippen molar-refractivity contribution in [3.63, 3.8) is 0 Å². The topological polar surface area (TPSA) is 45.2 Å². The van der Waals surface area contributed by atoms with Gasteiger partial charge in [-0.25, -0.2) is 4.98 Å². The average molecular weight is 384 g/mol. The van der Waals surface area contributed by atoms with Crippen LogP contribution in [0.3, 0.4) is 0 Å². The van der Waals surface area contributed by atoms with E-state index in [9.17, 15) is 4.79 Å². The van der Waals surface area contributed by atoms with Gasteiger partial charge in [-0.05, 0) is 42.8 Å². The highest BCUT2D eigenvalue weighted by molar-refractivity contribution is 6.31. The molecule has 1 aliphatic heterocycles. The molecule has 0 saturated carbocycles. The molecule has 6 heteroatoms. The quantitative estimate of drug-likeness (QED) is 0.652. The van der Waals surface area contributed by atoms with Gasteiger partial charge in [0.2, 0.25) is 0 Å². The summed E-state index contributed by atoms with van der Waals surface area (Å²) in [7, 11) is 0. The number of carbonyl (C=O) groups is 1.